The largest absolute Gasteiger partial charge is 0.462 e. The number of unbranched alkanes of at least 4 members (excludes halogenated alkanes) is 1. The molecule has 1 aliphatic heterocycles. The Balaban J connectivity index is 1.89. The summed E-state index contributed by atoms with van der Waals surface area (Å²) in [4.78, 5) is 31.0. The van der Waals surface area contributed by atoms with Gasteiger partial charge in [0, 0.05) is 26.5 Å². The maximum absolute atomic E-state index is 14.3. The van der Waals surface area contributed by atoms with E-state index in [1.807, 2.05) is 13.0 Å². The molecule has 0 aromatic heterocycles. The van der Waals surface area contributed by atoms with Crippen molar-refractivity contribution in [1.29, 1.82) is 0 Å². The molecule has 0 unspecified atom stereocenters. The number of esters is 1. The first-order chi connectivity index (χ1) is 15.9. The molecule has 0 atom stereocenters. The Kier molecular flexibility index (Phi) is 6.81. The van der Waals surface area contributed by atoms with Gasteiger partial charge >= 0.3 is 5.97 Å². The second-order valence-electron chi connectivity index (χ2n) is 7.41. The number of nitrogens with two attached hydrogens (primary N) is 1. The van der Waals surface area contributed by atoms with Gasteiger partial charge in [0.15, 0.2) is 0 Å². The van der Waals surface area contributed by atoms with E-state index in [9.17, 15) is 14.0 Å². The molecule has 3 aromatic carbocycles. The van der Waals surface area contributed by atoms with Crippen LogP contribution in [0, 0.1) is 5.82 Å². The number of aliphatic imine (C=N–C) groups is 1. The molecule has 1 heterocycles. The van der Waals surface area contributed by atoms with Crippen molar-refractivity contribution in [2.45, 2.75) is 29.6 Å². The van der Waals surface area contributed by atoms with Gasteiger partial charge < -0.3 is 10.5 Å². The van der Waals surface area contributed by atoms with Crippen molar-refractivity contribution in [3.63, 3.8) is 0 Å². The van der Waals surface area contributed by atoms with Crippen LogP contribution >= 0.6 is 23.4 Å². The number of carbonyl (C=O) groups excluding carboxylic acids is 2. The summed E-state index contributed by atoms with van der Waals surface area (Å²) in [5, 5.41) is -0.0248. The molecule has 2 N–H and O–H groups in total. The lowest BCUT2D eigenvalue weighted by atomic mass is 9.96. The van der Waals surface area contributed by atoms with Crippen LogP contribution < -0.4 is 5.73 Å². The van der Waals surface area contributed by atoms with E-state index in [0.717, 1.165) is 22.6 Å². The monoisotopic (exact) mass is 482 g/mol. The van der Waals surface area contributed by atoms with Crippen molar-refractivity contribution in [2.24, 2.45) is 10.7 Å². The Morgan fingerprint density at radius 3 is 2.67 bits per heavy atom. The third-order valence-corrected chi connectivity index (χ3v) is 6.53. The van der Waals surface area contributed by atoms with Crippen LogP contribution in [0.2, 0.25) is 5.02 Å². The lowest BCUT2D eigenvalue weighted by Crippen LogP contribution is -2.18. The van der Waals surface area contributed by atoms with E-state index in [0.29, 0.717) is 34.7 Å². The van der Waals surface area contributed by atoms with Gasteiger partial charge in [0.25, 0.3) is 0 Å². The highest BCUT2D eigenvalue weighted by atomic mass is 35.5. The molecule has 1 amide bonds. The number of nitrogens with zero attached hydrogens (tertiary/aromatic N) is 1. The van der Waals surface area contributed by atoms with Crippen molar-refractivity contribution in [1.82, 2.24) is 0 Å². The Bertz CT molecular complexity index is 1290. The second-order valence-corrected chi connectivity index (χ2v) is 8.90. The minimum Gasteiger partial charge on any atom is -0.462 e. The van der Waals surface area contributed by atoms with Gasteiger partial charge in [0.05, 0.1) is 28.6 Å². The third-order valence-electron chi connectivity index (χ3n) is 5.10. The van der Waals surface area contributed by atoms with E-state index in [2.05, 4.69) is 0 Å². The van der Waals surface area contributed by atoms with E-state index in [4.69, 9.17) is 27.1 Å². The van der Waals surface area contributed by atoms with E-state index in [-0.39, 0.29) is 10.6 Å². The van der Waals surface area contributed by atoms with Gasteiger partial charge in [0.2, 0.25) is 5.91 Å². The summed E-state index contributed by atoms with van der Waals surface area (Å²) >= 11 is 7.27. The highest BCUT2D eigenvalue weighted by molar-refractivity contribution is 7.99. The summed E-state index contributed by atoms with van der Waals surface area (Å²) in [6.45, 7) is 2.36. The van der Waals surface area contributed by atoms with Crippen molar-refractivity contribution in [3.8, 4) is 0 Å². The van der Waals surface area contributed by atoms with Crippen LogP contribution in [0.25, 0.3) is 0 Å². The third kappa shape index (κ3) is 4.79. The van der Waals surface area contributed by atoms with Crippen LogP contribution in [0.1, 0.15) is 51.6 Å². The summed E-state index contributed by atoms with van der Waals surface area (Å²) in [7, 11) is 0. The minimum absolute atomic E-state index is 0.0248. The summed E-state index contributed by atoms with van der Waals surface area (Å²) in [5.41, 5.74) is 8.06. The molecule has 5 nitrogen and oxygen atoms in total. The van der Waals surface area contributed by atoms with Crippen LogP contribution in [0.15, 0.2) is 69.4 Å². The predicted octanol–water partition coefficient (Wildman–Crippen LogP) is 6.17. The number of ether oxygens (including phenoxy) is 1. The maximum atomic E-state index is 14.3. The molecule has 0 saturated heterocycles. The Morgan fingerprint density at radius 1 is 1.12 bits per heavy atom. The molecule has 0 spiro atoms. The van der Waals surface area contributed by atoms with Crippen molar-refractivity contribution >= 4 is 46.6 Å². The first-order valence-corrected chi connectivity index (χ1v) is 11.5. The van der Waals surface area contributed by atoms with Crippen LogP contribution in [-0.4, -0.2) is 24.2 Å². The zero-order valence-electron chi connectivity index (χ0n) is 17.7. The van der Waals surface area contributed by atoms with Gasteiger partial charge in [0.1, 0.15) is 5.82 Å². The van der Waals surface area contributed by atoms with E-state index in [1.165, 1.54) is 23.9 Å². The molecular formula is C25H20ClFN2O3S. The summed E-state index contributed by atoms with van der Waals surface area (Å²) in [6, 6.07) is 14.6. The number of hydrogen-bond acceptors (Lipinski definition) is 5. The molecular weight excluding hydrogens is 463 g/mol. The zero-order chi connectivity index (χ0) is 23.5. The molecule has 0 fully saturated rings. The number of benzene rings is 3. The normalized spacial score (nSPS) is 12.3. The summed E-state index contributed by atoms with van der Waals surface area (Å²) in [6.07, 6.45) is 1.70. The Labute approximate surface area is 199 Å². The number of halogens is 2. The number of fused-ring (bicyclic) bond motifs is 2. The van der Waals surface area contributed by atoms with Gasteiger partial charge in [-0.2, -0.15) is 0 Å². The van der Waals surface area contributed by atoms with E-state index >= 15 is 0 Å². The number of rotatable bonds is 6. The molecule has 0 bridgehead atoms. The van der Waals surface area contributed by atoms with Gasteiger partial charge in [-0.3, -0.25) is 4.79 Å². The summed E-state index contributed by atoms with van der Waals surface area (Å²) < 4.78 is 19.7. The van der Waals surface area contributed by atoms with Crippen LogP contribution in [0.4, 0.5) is 10.1 Å². The SMILES string of the molecule is CCCCOC(=O)c1ccc2c(c1)N=C(c1ccc(Cl)c(F)c1)c1c(cccc1C(N)=O)S2. The molecule has 1 aliphatic rings. The molecule has 8 heteroatoms. The van der Waals surface area contributed by atoms with E-state index in [1.54, 1.807) is 36.4 Å². The second kappa shape index (κ2) is 9.77. The Hall–Kier alpha value is -3.16. The molecule has 0 radical (unpaired) electrons. The molecule has 4 rings (SSSR count). The lowest BCUT2D eigenvalue weighted by molar-refractivity contribution is 0.0499. The highest BCUT2D eigenvalue weighted by Crippen LogP contribution is 2.43. The number of amides is 1. The average molecular weight is 483 g/mol. The average Bonchev–Trinajstić information content (AvgIpc) is 2.97. The maximum Gasteiger partial charge on any atom is 0.338 e. The molecule has 0 aliphatic carbocycles. The van der Waals surface area contributed by atoms with Crippen LogP contribution in [0.3, 0.4) is 0 Å². The minimum atomic E-state index is -0.624. The summed E-state index contributed by atoms with van der Waals surface area (Å²) in [5.74, 6) is -1.67. The van der Waals surface area contributed by atoms with Gasteiger partial charge in [-0.1, -0.05) is 48.8 Å². The molecule has 33 heavy (non-hydrogen) atoms. The van der Waals surface area contributed by atoms with Gasteiger partial charge in [-0.25, -0.2) is 14.2 Å². The van der Waals surface area contributed by atoms with Crippen LogP contribution in [-0.2, 0) is 4.74 Å². The first kappa shape index (κ1) is 23.0. The number of primary amides is 1. The number of hydrogen-bond donors (Lipinski definition) is 1. The van der Waals surface area contributed by atoms with Gasteiger partial charge in [-0.15, -0.1) is 0 Å². The molecule has 3 aromatic rings. The van der Waals surface area contributed by atoms with Crippen molar-refractivity contribution in [3.05, 3.63) is 87.7 Å². The Morgan fingerprint density at radius 2 is 1.94 bits per heavy atom. The fraction of sp³-hybridized carbons (Fsp3) is 0.160. The van der Waals surface area contributed by atoms with Crippen molar-refractivity contribution in [2.75, 3.05) is 6.61 Å². The lowest BCUT2D eigenvalue weighted by Gasteiger charge is -2.13. The standard InChI is InChI=1S/C25H20ClFN2O3S/c1-2-3-11-32-25(31)15-8-10-20-19(13-15)29-23(14-7-9-17(26)18(27)12-14)22-16(24(28)30)5-4-6-21(22)33-20/h4-10,12-13H,2-3,11H2,1H3,(H2,28,30). The fourth-order valence-corrected chi connectivity index (χ4v) is 4.58. The number of carbonyl (C=O) groups is 2. The van der Waals surface area contributed by atoms with Gasteiger partial charge in [-0.05, 0) is 48.9 Å². The smallest absolute Gasteiger partial charge is 0.338 e. The highest BCUT2D eigenvalue weighted by Gasteiger charge is 2.25. The van der Waals surface area contributed by atoms with Crippen molar-refractivity contribution < 1.29 is 18.7 Å². The molecule has 0 saturated carbocycles. The fourth-order valence-electron chi connectivity index (χ4n) is 3.42. The first-order valence-electron chi connectivity index (χ1n) is 10.4. The quantitative estimate of drug-likeness (QED) is 0.263. The predicted molar refractivity (Wildman–Crippen MR) is 127 cm³/mol. The van der Waals surface area contributed by atoms with E-state index < -0.39 is 17.7 Å². The molecule has 168 valence electrons. The topological polar surface area (TPSA) is 81.8 Å². The van der Waals surface area contributed by atoms with Crippen LogP contribution in [0.5, 0.6) is 0 Å². The zero-order valence-corrected chi connectivity index (χ0v) is 19.3.